The normalized spacial score (nSPS) is 15.1. The summed E-state index contributed by atoms with van der Waals surface area (Å²) in [5.74, 6) is 0.266. The quantitative estimate of drug-likeness (QED) is 0.442. The Morgan fingerprint density at radius 3 is 2.44 bits per heavy atom. The molecule has 2 aromatic heterocycles. The van der Waals surface area contributed by atoms with Gasteiger partial charge in [0.25, 0.3) is 5.91 Å². The van der Waals surface area contributed by atoms with Crippen LogP contribution < -0.4 is 21.1 Å². The summed E-state index contributed by atoms with van der Waals surface area (Å²) in [4.78, 5) is 28.1. The van der Waals surface area contributed by atoms with Crippen LogP contribution >= 0.6 is 0 Å². The van der Waals surface area contributed by atoms with Gasteiger partial charge in [0.2, 0.25) is 5.91 Å². The van der Waals surface area contributed by atoms with Gasteiger partial charge in [-0.1, -0.05) is 25.0 Å². The van der Waals surface area contributed by atoms with Crippen molar-refractivity contribution in [1.82, 2.24) is 14.8 Å². The first kappa shape index (κ1) is 25.2. The number of ether oxygens (including phenoxy) is 1. The van der Waals surface area contributed by atoms with Crippen molar-refractivity contribution in [3.8, 4) is 16.9 Å². The van der Waals surface area contributed by atoms with Crippen LogP contribution in [0.4, 0.5) is 21.6 Å². The van der Waals surface area contributed by atoms with Crippen LogP contribution in [0.5, 0.6) is 5.75 Å². The summed E-state index contributed by atoms with van der Waals surface area (Å²) in [6.07, 6.45) is 10.2. The van der Waals surface area contributed by atoms with E-state index >= 15 is 0 Å². The molecule has 2 heterocycles. The molecule has 2 aliphatic rings. The molecule has 0 atom stereocenters. The first-order chi connectivity index (χ1) is 17.4. The number of aromatic nitrogens is 3. The van der Waals surface area contributed by atoms with Crippen molar-refractivity contribution < 1.29 is 18.7 Å². The van der Waals surface area contributed by atoms with Gasteiger partial charge in [0.1, 0.15) is 17.7 Å². The Morgan fingerprint density at radius 2 is 1.89 bits per heavy atom. The Labute approximate surface area is 209 Å². The smallest absolute Gasteiger partial charge is 0.252 e. The minimum atomic E-state index is -0.632. The van der Waals surface area contributed by atoms with E-state index in [1.807, 2.05) is 31.4 Å². The number of aryl methyl sites for hydroxylation is 1. The van der Waals surface area contributed by atoms with Crippen molar-refractivity contribution in [2.75, 3.05) is 17.7 Å². The zero-order valence-corrected chi connectivity index (χ0v) is 20.5. The van der Waals surface area contributed by atoms with Crippen molar-refractivity contribution >= 4 is 29.0 Å². The van der Waals surface area contributed by atoms with Gasteiger partial charge in [-0.3, -0.25) is 14.3 Å². The molecule has 190 valence electrons. The highest BCUT2D eigenvalue weighted by atomic mass is 19.1. The SMILES string of the molecule is COc1c(Nc2cc(NC(=O)C3CC3)ncc2C(N)=O)cccc1-c1cnn(C)c1.FC1CCCC1. The third-order valence-electron chi connectivity index (χ3n) is 6.16. The predicted octanol–water partition coefficient (Wildman–Crippen LogP) is 4.58. The average Bonchev–Trinajstić information content (AvgIpc) is 3.46. The fourth-order valence-corrected chi connectivity index (χ4v) is 4.06. The van der Waals surface area contributed by atoms with E-state index in [0.29, 0.717) is 22.9 Å². The van der Waals surface area contributed by atoms with Gasteiger partial charge < -0.3 is 21.1 Å². The number of benzene rings is 1. The van der Waals surface area contributed by atoms with Gasteiger partial charge in [0.15, 0.2) is 0 Å². The van der Waals surface area contributed by atoms with Crippen molar-refractivity contribution in [2.45, 2.75) is 44.7 Å². The third-order valence-corrected chi connectivity index (χ3v) is 6.16. The molecular weight excluding hydrogens is 463 g/mol. The summed E-state index contributed by atoms with van der Waals surface area (Å²) < 4.78 is 19.3. The fraction of sp³-hybridized carbons (Fsp3) is 0.385. The van der Waals surface area contributed by atoms with E-state index in [1.165, 1.54) is 6.20 Å². The lowest BCUT2D eigenvalue weighted by Gasteiger charge is -2.16. The monoisotopic (exact) mass is 494 g/mol. The molecule has 10 heteroatoms. The minimum absolute atomic E-state index is 0.0373. The third kappa shape index (κ3) is 6.18. The molecule has 0 radical (unpaired) electrons. The number of hydrogen-bond acceptors (Lipinski definition) is 6. The van der Waals surface area contributed by atoms with E-state index in [2.05, 4.69) is 20.7 Å². The maximum absolute atomic E-state index is 12.1. The van der Waals surface area contributed by atoms with Crippen molar-refractivity contribution in [3.05, 3.63) is 48.4 Å². The van der Waals surface area contributed by atoms with Gasteiger partial charge in [-0.05, 0) is 31.7 Å². The summed E-state index contributed by atoms with van der Waals surface area (Å²) in [5, 5.41) is 10.2. The number of carbonyl (C=O) groups excluding carboxylic acids is 2. The van der Waals surface area contributed by atoms with Crippen molar-refractivity contribution in [3.63, 3.8) is 0 Å². The Morgan fingerprint density at radius 1 is 1.14 bits per heavy atom. The van der Waals surface area contributed by atoms with Crippen molar-refractivity contribution in [2.24, 2.45) is 18.7 Å². The zero-order valence-electron chi connectivity index (χ0n) is 20.5. The number of nitrogens with zero attached hydrogens (tertiary/aromatic N) is 3. The van der Waals surface area contributed by atoms with Crippen LogP contribution in [0.15, 0.2) is 42.9 Å². The number of methoxy groups -OCH3 is 1. The number of hydrogen-bond donors (Lipinski definition) is 3. The Balaban J connectivity index is 0.000000445. The number of amides is 2. The largest absolute Gasteiger partial charge is 0.494 e. The van der Waals surface area contributed by atoms with E-state index in [1.54, 1.807) is 24.1 Å². The summed E-state index contributed by atoms with van der Waals surface area (Å²) >= 11 is 0. The molecule has 5 rings (SSSR count). The molecule has 3 aromatic rings. The van der Waals surface area contributed by atoms with Crippen LogP contribution in [0.2, 0.25) is 0 Å². The van der Waals surface area contributed by atoms with Gasteiger partial charge in [-0.15, -0.1) is 0 Å². The fourth-order valence-electron chi connectivity index (χ4n) is 4.06. The Kier molecular flexibility index (Phi) is 7.82. The molecule has 2 amide bonds. The first-order valence-corrected chi connectivity index (χ1v) is 12.0. The number of nitrogens with one attached hydrogen (secondary N) is 2. The number of primary amides is 1. The lowest BCUT2D eigenvalue weighted by atomic mass is 10.1. The summed E-state index contributed by atoms with van der Waals surface area (Å²) in [5.41, 5.74) is 8.51. The molecule has 36 heavy (non-hydrogen) atoms. The second-order valence-corrected chi connectivity index (χ2v) is 9.04. The lowest BCUT2D eigenvalue weighted by Crippen LogP contribution is -2.17. The molecule has 0 saturated heterocycles. The molecule has 2 fully saturated rings. The molecule has 1 aromatic carbocycles. The van der Waals surface area contributed by atoms with Crippen LogP contribution in [-0.4, -0.2) is 39.9 Å². The van der Waals surface area contributed by atoms with Crippen LogP contribution in [0.25, 0.3) is 11.1 Å². The van der Waals surface area contributed by atoms with Crippen LogP contribution in [-0.2, 0) is 11.8 Å². The van der Waals surface area contributed by atoms with Gasteiger partial charge >= 0.3 is 0 Å². The Bertz CT molecular complexity index is 1230. The highest BCUT2D eigenvalue weighted by molar-refractivity contribution is 6.01. The van der Waals surface area contributed by atoms with Gasteiger partial charge in [-0.25, -0.2) is 9.37 Å². The van der Waals surface area contributed by atoms with E-state index in [-0.39, 0.29) is 17.4 Å². The zero-order chi connectivity index (χ0) is 25.7. The molecule has 4 N–H and O–H groups in total. The van der Waals surface area contributed by atoms with E-state index in [0.717, 1.165) is 49.7 Å². The summed E-state index contributed by atoms with van der Waals surface area (Å²) in [6.45, 7) is 0. The number of pyridine rings is 1. The first-order valence-electron chi connectivity index (χ1n) is 12.0. The summed E-state index contributed by atoms with van der Waals surface area (Å²) in [7, 11) is 3.41. The number of nitrogens with two attached hydrogens (primary N) is 1. The second-order valence-electron chi connectivity index (χ2n) is 9.04. The van der Waals surface area contributed by atoms with Crippen LogP contribution in [0, 0.1) is 5.92 Å². The molecule has 9 nitrogen and oxygen atoms in total. The highest BCUT2D eigenvalue weighted by Crippen LogP contribution is 2.38. The maximum atomic E-state index is 12.1. The highest BCUT2D eigenvalue weighted by Gasteiger charge is 2.30. The molecule has 0 bridgehead atoms. The standard InChI is InChI=1S/C21H22N6O3.C5H9F/c1-27-11-13(9-24-27)14-4-3-5-16(19(14)30-2)25-17-8-18(23-10-15(17)20(22)28)26-21(29)12-6-7-12;6-5-3-1-2-4-5/h3-5,8-12H,6-7H2,1-2H3,(H2,22,28)(H2,23,25,26,29);5H,1-4H2. The van der Waals surface area contributed by atoms with Crippen molar-refractivity contribution in [1.29, 1.82) is 0 Å². The maximum Gasteiger partial charge on any atom is 0.252 e. The number of para-hydroxylation sites is 1. The average molecular weight is 495 g/mol. The van der Waals surface area contributed by atoms with Crippen LogP contribution in [0.1, 0.15) is 48.9 Å². The minimum Gasteiger partial charge on any atom is -0.494 e. The molecular formula is C26H31FN6O3. The number of alkyl halides is 1. The molecule has 2 aliphatic carbocycles. The number of anilines is 3. The van der Waals surface area contributed by atoms with Gasteiger partial charge in [0.05, 0.1) is 30.2 Å². The number of carbonyl (C=O) groups is 2. The number of rotatable bonds is 7. The van der Waals surface area contributed by atoms with E-state index < -0.39 is 12.1 Å². The molecule has 0 unspecified atom stereocenters. The van der Waals surface area contributed by atoms with E-state index in [4.69, 9.17) is 10.5 Å². The van der Waals surface area contributed by atoms with Crippen LogP contribution in [0.3, 0.4) is 0 Å². The topological polar surface area (TPSA) is 124 Å². The van der Waals surface area contributed by atoms with Gasteiger partial charge in [-0.2, -0.15) is 5.10 Å². The Hall–Kier alpha value is -3.95. The van der Waals surface area contributed by atoms with E-state index in [9.17, 15) is 14.0 Å². The number of halogens is 1. The lowest BCUT2D eigenvalue weighted by molar-refractivity contribution is -0.117. The molecule has 0 spiro atoms. The molecule has 0 aliphatic heterocycles. The predicted molar refractivity (Wildman–Crippen MR) is 136 cm³/mol. The molecule has 2 saturated carbocycles. The van der Waals surface area contributed by atoms with Gasteiger partial charge in [0, 0.05) is 42.6 Å². The summed E-state index contributed by atoms with van der Waals surface area (Å²) in [6, 6.07) is 7.21. The second kappa shape index (κ2) is 11.2.